The van der Waals surface area contributed by atoms with Crippen molar-refractivity contribution in [3.05, 3.63) is 11.5 Å². The van der Waals surface area contributed by atoms with Gasteiger partial charge in [-0.05, 0) is 6.92 Å². The summed E-state index contributed by atoms with van der Waals surface area (Å²) in [6.07, 6.45) is 0. The number of allylic oxidation sites excluding steroid dienone is 1. The maximum atomic E-state index is 5.06. The average Bonchev–Trinajstić information content (AvgIpc) is 1.36. The van der Waals surface area contributed by atoms with E-state index in [0.29, 0.717) is 5.70 Å². The standard InChI is InChI=1S/C3H9N3/c1-2(4)3(5)6/h4-6H2,1H3. The molecule has 0 spiro atoms. The smallest absolute Gasteiger partial charge is 0.112 e. The van der Waals surface area contributed by atoms with Crippen LogP contribution in [0.2, 0.25) is 0 Å². The molecular formula is C3H9N3. The maximum absolute atomic E-state index is 5.06. The molecule has 0 saturated heterocycles. The lowest BCUT2D eigenvalue weighted by Gasteiger charge is -1.89. The molecule has 6 N–H and O–H groups in total. The second kappa shape index (κ2) is 1.55. The van der Waals surface area contributed by atoms with Gasteiger partial charge in [-0.25, -0.2) is 0 Å². The first kappa shape index (κ1) is 5.14. The van der Waals surface area contributed by atoms with Crippen molar-refractivity contribution in [2.75, 3.05) is 0 Å². The number of rotatable bonds is 0. The molecule has 0 aromatic carbocycles. The minimum absolute atomic E-state index is 0.204. The first-order valence-electron chi connectivity index (χ1n) is 1.62. The second-order valence-electron chi connectivity index (χ2n) is 1.14. The molecule has 3 heteroatoms. The predicted octanol–water partition coefficient (Wildman–Crippen LogP) is -0.948. The molecule has 0 saturated carbocycles. The maximum Gasteiger partial charge on any atom is 0.112 e. The van der Waals surface area contributed by atoms with Gasteiger partial charge in [-0.1, -0.05) is 0 Å². The van der Waals surface area contributed by atoms with Crippen LogP contribution >= 0.6 is 0 Å². The lowest BCUT2D eigenvalue weighted by Crippen LogP contribution is -2.14. The summed E-state index contributed by atoms with van der Waals surface area (Å²) in [6.45, 7) is 1.65. The van der Waals surface area contributed by atoms with E-state index in [9.17, 15) is 0 Å². The Morgan fingerprint density at radius 3 is 1.33 bits per heavy atom. The third kappa shape index (κ3) is 1.46. The zero-order valence-electron chi connectivity index (χ0n) is 3.73. The van der Waals surface area contributed by atoms with Crippen molar-refractivity contribution in [3.8, 4) is 0 Å². The van der Waals surface area contributed by atoms with Crippen LogP contribution in [-0.2, 0) is 0 Å². The monoisotopic (exact) mass is 87.1 g/mol. The molecular weight excluding hydrogens is 78.1 g/mol. The van der Waals surface area contributed by atoms with Gasteiger partial charge in [0.1, 0.15) is 5.82 Å². The largest absolute Gasteiger partial charge is 0.399 e. The van der Waals surface area contributed by atoms with Crippen molar-refractivity contribution in [3.63, 3.8) is 0 Å². The van der Waals surface area contributed by atoms with Crippen LogP contribution in [0.4, 0.5) is 0 Å². The second-order valence-corrected chi connectivity index (χ2v) is 1.14. The molecule has 0 rings (SSSR count). The predicted molar refractivity (Wildman–Crippen MR) is 25.3 cm³/mol. The van der Waals surface area contributed by atoms with Crippen LogP contribution in [0.25, 0.3) is 0 Å². The number of hydrogen-bond acceptors (Lipinski definition) is 3. The van der Waals surface area contributed by atoms with Gasteiger partial charge >= 0.3 is 0 Å². The van der Waals surface area contributed by atoms with Gasteiger partial charge in [-0.15, -0.1) is 0 Å². The Labute approximate surface area is 36.8 Å². The van der Waals surface area contributed by atoms with Gasteiger partial charge in [-0.2, -0.15) is 0 Å². The Hall–Kier alpha value is -0.860. The molecule has 0 radical (unpaired) electrons. The van der Waals surface area contributed by atoms with E-state index in [0.717, 1.165) is 0 Å². The van der Waals surface area contributed by atoms with E-state index in [1.165, 1.54) is 0 Å². The van der Waals surface area contributed by atoms with Crippen LogP contribution in [0.15, 0.2) is 11.5 Å². The molecule has 0 bridgehead atoms. The average molecular weight is 87.1 g/mol. The van der Waals surface area contributed by atoms with Crippen LogP contribution < -0.4 is 17.2 Å². The Bertz CT molecular complexity index is 56.1. The van der Waals surface area contributed by atoms with Crippen molar-refractivity contribution in [2.24, 2.45) is 17.2 Å². The highest BCUT2D eigenvalue weighted by molar-refractivity contribution is 4.98. The Morgan fingerprint density at radius 2 is 1.33 bits per heavy atom. The molecule has 0 heterocycles. The molecule has 3 nitrogen and oxygen atoms in total. The summed E-state index contributed by atoms with van der Waals surface area (Å²) in [4.78, 5) is 0. The zero-order valence-corrected chi connectivity index (χ0v) is 3.73. The molecule has 0 fully saturated rings. The van der Waals surface area contributed by atoms with E-state index in [2.05, 4.69) is 0 Å². The molecule has 0 unspecified atom stereocenters. The summed E-state index contributed by atoms with van der Waals surface area (Å²) < 4.78 is 0. The van der Waals surface area contributed by atoms with Gasteiger partial charge < -0.3 is 17.2 Å². The normalized spacial score (nSPS) is 7.50. The van der Waals surface area contributed by atoms with E-state index in [1.807, 2.05) is 0 Å². The summed E-state index contributed by atoms with van der Waals surface area (Å²) in [5, 5.41) is 0. The van der Waals surface area contributed by atoms with Crippen LogP contribution in [0, 0.1) is 0 Å². The molecule has 0 aromatic heterocycles. The molecule has 0 aliphatic carbocycles. The Morgan fingerprint density at radius 1 is 1.17 bits per heavy atom. The molecule has 0 amide bonds. The Kier molecular flexibility index (Phi) is 1.32. The zero-order chi connectivity index (χ0) is 5.15. The van der Waals surface area contributed by atoms with Crippen molar-refractivity contribution in [1.29, 1.82) is 0 Å². The molecule has 0 aliphatic rings. The fraction of sp³-hybridized carbons (Fsp3) is 0.333. The summed E-state index contributed by atoms with van der Waals surface area (Å²) in [6, 6.07) is 0. The third-order valence-electron chi connectivity index (χ3n) is 0.455. The van der Waals surface area contributed by atoms with Crippen LogP contribution in [-0.4, -0.2) is 0 Å². The van der Waals surface area contributed by atoms with Crippen LogP contribution in [0.3, 0.4) is 0 Å². The van der Waals surface area contributed by atoms with E-state index < -0.39 is 0 Å². The van der Waals surface area contributed by atoms with Crippen molar-refractivity contribution in [1.82, 2.24) is 0 Å². The van der Waals surface area contributed by atoms with E-state index >= 15 is 0 Å². The van der Waals surface area contributed by atoms with Gasteiger partial charge in [0.15, 0.2) is 0 Å². The molecule has 0 aliphatic heterocycles. The highest BCUT2D eigenvalue weighted by Gasteiger charge is 1.77. The van der Waals surface area contributed by atoms with Crippen LogP contribution in [0.5, 0.6) is 0 Å². The fourth-order valence-corrected chi connectivity index (χ4v) is 0. The first-order valence-corrected chi connectivity index (χ1v) is 1.62. The minimum Gasteiger partial charge on any atom is -0.399 e. The topological polar surface area (TPSA) is 78.1 Å². The molecule has 0 aromatic rings. The SMILES string of the molecule is CC(N)=C(N)N. The number of hydrogen-bond donors (Lipinski definition) is 3. The lowest BCUT2D eigenvalue weighted by molar-refractivity contribution is 1.12. The summed E-state index contributed by atoms with van der Waals surface area (Å²) in [7, 11) is 0. The van der Waals surface area contributed by atoms with Crippen molar-refractivity contribution >= 4 is 0 Å². The summed E-state index contributed by atoms with van der Waals surface area (Å²) in [5.74, 6) is 0.204. The minimum atomic E-state index is 0.204. The highest BCUT2D eigenvalue weighted by Crippen LogP contribution is 1.74. The lowest BCUT2D eigenvalue weighted by atomic mass is 10.5. The fourth-order valence-electron chi connectivity index (χ4n) is 0. The number of nitrogens with two attached hydrogens (primary N) is 3. The van der Waals surface area contributed by atoms with Crippen molar-refractivity contribution < 1.29 is 0 Å². The molecule has 36 valence electrons. The molecule has 0 atom stereocenters. The Balaban J connectivity index is 3.68. The van der Waals surface area contributed by atoms with Gasteiger partial charge in [0.25, 0.3) is 0 Å². The highest BCUT2D eigenvalue weighted by atomic mass is 14.8. The van der Waals surface area contributed by atoms with E-state index in [-0.39, 0.29) is 5.82 Å². The van der Waals surface area contributed by atoms with Gasteiger partial charge in [0.2, 0.25) is 0 Å². The first-order chi connectivity index (χ1) is 2.64. The van der Waals surface area contributed by atoms with Gasteiger partial charge in [-0.3, -0.25) is 0 Å². The van der Waals surface area contributed by atoms with Gasteiger partial charge in [0.05, 0.1) is 0 Å². The third-order valence-corrected chi connectivity index (χ3v) is 0.455. The summed E-state index contributed by atoms with van der Waals surface area (Å²) >= 11 is 0. The van der Waals surface area contributed by atoms with Crippen molar-refractivity contribution in [2.45, 2.75) is 6.92 Å². The quantitative estimate of drug-likeness (QED) is 0.356. The molecule has 6 heavy (non-hydrogen) atoms. The van der Waals surface area contributed by atoms with Gasteiger partial charge in [0, 0.05) is 5.70 Å². The van der Waals surface area contributed by atoms with E-state index in [4.69, 9.17) is 17.2 Å². The van der Waals surface area contributed by atoms with E-state index in [1.54, 1.807) is 6.92 Å². The van der Waals surface area contributed by atoms with Crippen LogP contribution in [0.1, 0.15) is 6.92 Å². The summed E-state index contributed by atoms with van der Waals surface area (Å²) in [5.41, 5.74) is 15.5.